The fraction of sp³-hybridized carbons (Fsp3) is 0.283. The number of nitrogens with zero attached hydrogens (tertiary/aromatic N) is 5. The van der Waals surface area contributed by atoms with Crippen molar-refractivity contribution in [2.75, 3.05) is 20.2 Å². The molecule has 0 saturated heterocycles. The van der Waals surface area contributed by atoms with E-state index in [4.69, 9.17) is 4.74 Å². The van der Waals surface area contributed by atoms with Crippen LogP contribution in [0.15, 0.2) is 132 Å². The molecule has 2 aromatic heterocycles. The molecule has 6 rings (SSSR count). The largest absolute Gasteiger partial charge is 0.503 e. The van der Waals surface area contributed by atoms with Crippen molar-refractivity contribution < 1.29 is 9.84 Å². The minimum atomic E-state index is -0.317. The molecule has 0 saturated carbocycles. The normalized spacial score (nSPS) is 11.9. The molecule has 1 N–H and O–H groups in total. The van der Waals surface area contributed by atoms with Crippen molar-refractivity contribution in [3.63, 3.8) is 0 Å². The van der Waals surface area contributed by atoms with Gasteiger partial charge in [0.05, 0.1) is 11.9 Å². The molecule has 0 fully saturated rings. The van der Waals surface area contributed by atoms with Crippen molar-refractivity contribution in [2.24, 2.45) is 0 Å². The number of likely N-dealkylation sites (N-methyl/N-ethyl adjacent to an activating group) is 1. The second-order valence-corrected chi connectivity index (χ2v) is 13.7. The van der Waals surface area contributed by atoms with Crippen molar-refractivity contribution in [1.82, 2.24) is 24.5 Å². The van der Waals surface area contributed by atoms with E-state index < -0.39 is 0 Å². The summed E-state index contributed by atoms with van der Waals surface area (Å²) in [5.74, 6) is 0.738. The van der Waals surface area contributed by atoms with E-state index in [9.17, 15) is 9.90 Å². The van der Waals surface area contributed by atoms with Crippen LogP contribution >= 0.6 is 0 Å². The Balaban J connectivity index is 0.958. The first kappa shape index (κ1) is 38.0. The maximum Gasteiger partial charge on any atom is 0.223 e. The van der Waals surface area contributed by atoms with Crippen molar-refractivity contribution in [3.8, 4) is 22.8 Å². The van der Waals surface area contributed by atoms with Gasteiger partial charge in [0, 0.05) is 44.0 Å². The third-order valence-corrected chi connectivity index (χ3v) is 9.85. The van der Waals surface area contributed by atoms with Crippen LogP contribution in [0, 0.1) is 0 Å². The molecule has 0 bridgehead atoms. The van der Waals surface area contributed by atoms with E-state index in [1.54, 1.807) is 6.20 Å². The lowest BCUT2D eigenvalue weighted by Gasteiger charge is -2.18. The Hall–Kier alpha value is -5.73. The summed E-state index contributed by atoms with van der Waals surface area (Å²) in [5, 5.41) is 18.8. The minimum absolute atomic E-state index is 0.130. The standard InChI is InChI=1S/C46H51N5O3/c1-4-41(36-15-9-6-10-16-36)45(38-17-11-7-12-18-38)39-23-25-40(26-24-39)54-32-31-49(3)33-35-19-21-37(22-20-35)42-34-51(48-47-42)29-14-8-13-28-50-30-27-44(52)46(53)43(50)5-2/h6-7,9-12,15-27,30,34,53H,4-5,8,13-14,28-29,31-33H2,1-3H3/b45-41-. The zero-order chi connectivity index (χ0) is 37.7. The van der Waals surface area contributed by atoms with Gasteiger partial charge in [0.1, 0.15) is 18.1 Å². The molecule has 0 atom stereocenters. The van der Waals surface area contributed by atoms with E-state index in [1.807, 2.05) is 22.4 Å². The molecule has 0 spiro atoms. The highest BCUT2D eigenvalue weighted by Gasteiger charge is 2.14. The van der Waals surface area contributed by atoms with Gasteiger partial charge in [-0.2, -0.15) is 0 Å². The molecule has 4 aromatic carbocycles. The van der Waals surface area contributed by atoms with Gasteiger partial charge in [-0.15, -0.1) is 5.10 Å². The van der Waals surface area contributed by atoms with Gasteiger partial charge < -0.3 is 14.4 Å². The molecule has 0 radical (unpaired) electrons. The average Bonchev–Trinajstić information content (AvgIpc) is 3.68. The summed E-state index contributed by atoms with van der Waals surface area (Å²) in [7, 11) is 2.12. The fourth-order valence-electron chi connectivity index (χ4n) is 6.95. The first-order chi connectivity index (χ1) is 26.4. The summed E-state index contributed by atoms with van der Waals surface area (Å²) in [5.41, 5.74) is 9.75. The predicted octanol–water partition coefficient (Wildman–Crippen LogP) is 9.13. The summed E-state index contributed by atoms with van der Waals surface area (Å²) in [4.78, 5) is 14.0. The topological polar surface area (TPSA) is 85.4 Å². The summed E-state index contributed by atoms with van der Waals surface area (Å²) in [6, 6.07) is 39.8. The molecular formula is C46H51N5O3. The molecule has 2 heterocycles. The van der Waals surface area contributed by atoms with Crippen molar-refractivity contribution in [3.05, 3.63) is 166 Å². The number of hydrogen-bond donors (Lipinski definition) is 1. The molecule has 6 aromatic rings. The highest BCUT2D eigenvalue weighted by Crippen LogP contribution is 2.35. The molecule has 0 aliphatic heterocycles. The van der Waals surface area contributed by atoms with Crippen LogP contribution in [-0.2, 0) is 26.1 Å². The molecule has 278 valence electrons. The van der Waals surface area contributed by atoms with Gasteiger partial charge in [-0.3, -0.25) is 14.4 Å². The van der Waals surface area contributed by atoms with Crippen LogP contribution in [0.2, 0.25) is 0 Å². The lowest BCUT2D eigenvalue weighted by Crippen LogP contribution is -2.23. The molecule has 0 unspecified atom stereocenters. The first-order valence-corrected chi connectivity index (χ1v) is 19.1. The van der Waals surface area contributed by atoms with Crippen LogP contribution in [0.5, 0.6) is 11.5 Å². The first-order valence-electron chi connectivity index (χ1n) is 19.1. The van der Waals surface area contributed by atoms with Crippen LogP contribution in [0.25, 0.3) is 22.4 Å². The number of allylic oxidation sites excluding steroid dienone is 1. The molecule has 54 heavy (non-hydrogen) atoms. The third kappa shape index (κ3) is 9.82. The lowest BCUT2D eigenvalue weighted by atomic mass is 9.88. The zero-order valence-corrected chi connectivity index (χ0v) is 31.7. The second-order valence-electron chi connectivity index (χ2n) is 13.7. The fourth-order valence-corrected chi connectivity index (χ4v) is 6.95. The number of aromatic hydroxyl groups is 1. The number of aromatic nitrogens is 4. The molecule has 0 aliphatic rings. The minimum Gasteiger partial charge on any atom is -0.503 e. The molecule has 0 aliphatic carbocycles. The van der Waals surface area contributed by atoms with Crippen molar-refractivity contribution >= 4 is 11.1 Å². The van der Waals surface area contributed by atoms with E-state index in [1.165, 1.54) is 39.5 Å². The Morgan fingerprint density at radius 3 is 2.13 bits per heavy atom. The number of ether oxygens (including phenoxy) is 1. The summed E-state index contributed by atoms with van der Waals surface area (Å²) < 4.78 is 10.1. The third-order valence-electron chi connectivity index (χ3n) is 9.85. The van der Waals surface area contributed by atoms with Crippen LogP contribution in [0.3, 0.4) is 0 Å². The van der Waals surface area contributed by atoms with Gasteiger partial charge in [0.25, 0.3) is 0 Å². The number of unbranched alkanes of at least 4 members (excludes halogenated alkanes) is 2. The Morgan fingerprint density at radius 1 is 0.778 bits per heavy atom. The summed E-state index contributed by atoms with van der Waals surface area (Å²) >= 11 is 0. The number of hydrogen-bond acceptors (Lipinski definition) is 6. The van der Waals surface area contributed by atoms with Gasteiger partial charge in [-0.05, 0) is 84.7 Å². The smallest absolute Gasteiger partial charge is 0.223 e. The molecule has 8 heteroatoms. The predicted molar refractivity (Wildman–Crippen MR) is 218 cm³/mol. The lowest BCUT2D eigenvalue weighted by molar-refractivity contribution is 0.233. The monoisotopic (exact) mass is 721 g/mol. The van der Waals surface area contributed by atoms with E-state index in [0.717, 1.165) is 68.9 Å². The maximum absolute atomic E-state index is 11.7. The summed E-state index contributed by atoms with van der Waals surface area (Å²) in [6.45, 7) is 7.95. The molecule has 0 amide bonds. The molecular weight excluding hydrogens is 671 g/mol. The Labute approximate surface area is 319 Å². The Morgan fingerprint density at radius 2 is 1.44 bits per heavy atom. The number of rotatable bonds is 18. The van der Waals surface area contributed by atoms with Gasteiger partial charge in [-0.25, -0.2) is 0 Å². The zero-order valence-electron chi connectivity index (χ0n) is 31.7. The van der Waals surface area contributed by atoms with Gasteiger partial charge in [-0.1, -0.05) is 116 Å². The van der Waals surface area contributed by atoms with Gasteiger partial charge >= 0.3 is 0 Å². The highest BCUT2D eigenvalue weighted by atomic mass is 16.5. The van der Waals surface area contributed by atoms with E-state index >= 15 is 0 Å². The van der Waals surface area contributed by atoms with Crippen LogP contribution in [-0.4, -0.2) is 49.8 Å². The van der Waals surface area contributed by atoms with Crippen LogP contribution in [0.1, 0.15) is 67.5 Å². The number of benzene rings is 4. The van der Waals surface area contributed by atoms with Crippen molar-refractivity contribution in [2.45, 2.75) is 65.6 Å². The Kier molecular flexibility index (Phi) is 13.3. The number of aryl methyl sites for hydroxylation is 2. The Bertz CT molecular complexity index is 2160. The maximum atomic E-state index is 11.7. The van der Waals surface area contributed by atoms with Crippen LogP contribution in [0.4, 0.5) is 0 Å². The van der Waals surface area contributed by atoms with E-state index in [2.05, 4.69) is 138 Å². The van der Waals surface area contributed by atoms with Gasteiger partial charge in [0.15, 0.2) is 5.75 Å². The van der Waals surface area contributed by atoms with E-state index in [-0.39, 0.29) is 11.2 Å². The average molecular weight is 722 g/mol. The van der Waals surface area contributed by atoms with Gasteiger partial charge in [0.2, 0.25) is 5.43 Å². The highest BCUT2D eigenvalue weighted by molar-refractivity contribution is 5.98. The quantitative estimate of drug-likeness (QED) is 0.0704. The van der Waals surface area contributed by atoms with E-state index in [0.29, 0.717) is 18.7 Å². The molecule has 8 nitrogen and oxygen atoms in total. The van der Waals surface area contributed by atoms with Crippen LogP contribution < -0.4 is 10.2 Å². The summed E-state index contributed by atoms with van der Waals surface area (Å²) in [6.07, 6.45) is 8.27. The SMILES string of the molecule is CC/C(=C(\c1ccccc1)c1ccc(OCCN(C)Cc2ccc(-c3cn(CCCCCn4ccc(=O)c(O)c4CC)nn3)cc2)cc1)c1ccccc1. The second kappa shape index (κ2) is 18.9. The van der Waals surface area contributed by atoms with Crippen molar-refractivity contribution in [1.29, 1.82) is 0 Å². The number of pyridine rings is 1.